The van der Waals surface area contributed by atoms with Crippen molar-refractivity contribution in [1.82, 2.24) is 4.90 Å². The van der Waals surface area contributed by atoms with Crippen molar-refractivity contribution in [2.24, 2.45) is 5.92 Å². The van der Waals surface area contributed by atoms with E-state index in [1.165, 1.54) is 16.7 Å². The summed E-state index contributed by atoms with van der Waals surface area (Å²) in [5, 5.41) is 11.0. The van der Waals surface area contributed by atoms with Crippen LogP contribution >= 0.6 is 24.0 Å². The van der Waals surface area contributed by atoms with E-state index in [1.54, 1.807) is 6.92 Å². The largest absolute Gasteiger partial charge is 0.548 e. The molecule has 2 atom stereocenters. The molecule has 1 heterocycles. The van der Waals surface area contributed by atoms with Gasteiger partial charge in [-0.1, -0.05) is 44.2 Å². The third-order valence-corrected chi connectivity index (χ3v) is 3.87. The van der Waals surface area contributed by atoms with Crippen LogP contribution in [0, 0.1) is 5.92 Å². The van der Waals surface area contributed by atoms with Gasteiger partial charge in [0.15, 0.2) is 0 Å². The molecule has 0 aromatic rings. The smallest absolute Gasteiger partial charge is 0.239 e. The summed E-state index contributed by atoms with van der Waals surface area (Å²) in [6.07, 6.45) is 0.662. The maximum atomic E-state index is 11.5. The number of carboxylic acids is 1. The summed E-state index contributed by atoms with van der Waals surface area (Å²) in [5.41, 5.74) is 0. The number of hydrogen-bond donors (Lipinski definition) is 0. The molecule has 1 fully saturated rings. The molecule has 0 radical (unpaired) electrons. The van der Waals surface area contributed by atoms with Crippen LogP contribution in [0.25, 0.3) is 0 Å². The van der Waals surface area contributed by atoms with Gasteiger partial charge in [-0.25, -0.2) is 0 Å². The van der Waals surface area contributed by atoms with Crippen LogP contribution in [0.2, 0.25) is 0 Å². The van der Waals surface area contributed by atoms with Crippen molar-refractivity contribution in [1.29, 1.82) is 0 Å². The summed E-state index contributed by atoms with van der Waals surface area (Å²) in [4.78, 5) is 23.7. The highest BCUT2D eigenvalue weighted by Crippen LogP contribution is 2.26. The Hall–Kier alpha value is -0.620. The van der Waals surface area contributed by atoms with E-state index in [2.05, 4.69) is 0 Å². The first-order chi connectivity index (χ1) is 6.99. The van der Waals surface area contributed by atoms with Crippen LogP contribution in [-0.2, 0) is 9.59 Å². The molecule has 0 aromatic carbocycles. The van der Waals surface area contributed by atoms with E-state index < -0.39 is 12.0 Å². The van der Waals surface area contributed by atoms with Gasteiger partial charge in [0.1, 0.15) is 4.32 Å². The predicted octanol–water partition coefficient (Wildman–Crippen LogP) is 0.0113. The Kier molecular flexibility index (Phi) is 4.10. The number of hydrogen-bond acceptors (Lipinski definition) is 5. The van der Waals surface area contributed by atoms with Gasteiger partial charge in [0.25, 0.3) is 0 Å². The van der Waals surface area contributed by atoms with Crippen molar-refractivity contribution in [3.63, 3.8) is 0 Å². The van der Waals surface area contributed by atoms with Gasteiger partial charge in [-0.2, -0.15) is 0 Å². The number of thiocarbonyl (C=S) groups is 1. The van der Waals surface area contributed by atoms with Crippen molar-refractivity contribution in [2.45, 2.75) is 26.3 Å². The molecule has 1 aliphatic rings. The Morgan fingerprint density at radius 1 is 1.73 bits per heavy atom. The zero-order chi connectivity index (χ0) is 11.6. The summed E-state index contributed by atoms with van der Waals surface area (Å²) in [6.45, 7) is 3.65. The summed E-state index contributed by atoms with van der Waals surface area (Å²) in [7, 11) is 0. The molecular formula is C9H12NO3S2-. The van der Waals surface area contributed by atoms with Crippen LogP contribution in [0.3, 0.4) is 0 Å². The van der Waals surface area contributed by atoms with Crippen LogP contribution in [0.15, 0.2) is 0 Å². The van der Waals surface area contributed by atoms with Crippen molar-refractivity contribution in [3.8, 4) is 0 Å². The van der Waals surface area contributed by atoms with E-state index in [-0.39, 0.29) is 17.6 Å². The standard InChI is InChI=1S/C9H13NO3S2/c1-3-5(2)7(8(12)13)10-6(11)4-15-9(10)14/h5,7H,3-4H2,1-2H3,(H,12,13)/p-1/t5-,7+/m1/s1. The number of carboxylic acid groups (broad SMARTS) is 1. The number of rotatable bonds is 4. The molecule has 1 amide bonds. The van der Waals surface area contributed by atoms with Crippen molar-refractivity contribution < 1.29 is 14.7 Å². The number of amides is 1. The van der Waals surface area contributed by atoms with Crippen molar-refractivity contribution in [2.75, 3.05) is 5.75 Å². The molecule has 4 nitrogen and oxygen atoms in total. The first-order valence-corrected chi connectivity index (χ1v) is 6.08. The van der Waals surface area contributed by atoms with Gasteiger partial charge >= 0.3 is 0 Å². The quantitative estimate of drug-likeness (QED) is 0.654. The Bertz CT molecular complexity index is 290. The van der Waals surface area contributed by atoms with Gasteiger partial charge in [0.05, 0.1) is 17.8 Å². The summed E-state index contributed by atoms with van der Waals surface area (Å²) >= 11 is 6.16. The SMILES string of the molecule is CC[C@@H](C)[C@@H](C(=O)[O-])N1C(=O)CSC1=S. The molecule has 84 valence electrons. The van der Waals surface area contributed by atoms with Gasteiger partial charge in [0, 0.05) is 0 Å². The molecule has 1 saturated heterocycles. The van der Waals surface area contributed by atoms with Crippen molar-refractivity contribution >= 4 is 40.2 Å². The third-order valence-electron chi connectivity index (χ3n) is 2.49. The van der Waals surface area contributed by atoms with Gasteiger partial charge in [-0.05, 0) is 5.92 Å². The zero-order valence-corrected chi connectivity index (χ0v) is 10.2. The van der Waals surface area contributed by atoms with Crippen LogP contribution in [0.5, 0.6) is 0 Å². The lowest BCUT2D eigenvalue weighted by Gasteiger charge is -2.32. The van der Waals surface area contributed by atoms with Crippen LogP contribution in [-0.4, -0.2) is 32.9 Å². The summed E-state index contributed by atoms with van der Waals surface area (Å²) < 4.78 is 0.342. The van der Waals surface area contributed by atoms with E-state index in [0.29, 0.717) is 10.7 Å². The molecular weight excluding hydrogens is 234 g/mol. The van der Waals surface area contributed by atoms with E-state index in [0.717, 1.165) is 0 Å². The topological polar surface area (TPSA) is 60.4 Å². The summed E-state index contributed by atoms with van der Waals surface area (Å²) in [5.74, 6) is -1.39. The molecule has 0 N–H and O–H groups in total. The minimum Gasteiger partial charge on any atom is -0.548 e. The van der Waals surface area contributed by atoms with E-state index >= 15 is 0 Å². The fourth-order valence-electron chi connectivity index (χ4n) is 1.45. The average molecular weight is 246 g/mol. The van der Waals surface area contributed by atoms with Gasteiger partial charge in [-0.15, -0.1) is 0 Å². The monoisotopic (exact) mass is 246 g/mol. The van der Waals surface area contributed by atoms with E-state index in [4.69, 9.17) is 12.2 Å². The molecule has 6 heteroatoms. The predicted molar refractivity (Wildman–Crippen MR) is 60.2 cm³/mol. The Labute approximate surface area is 98.0 Å². The minimum atomic E-state index is -1.23. The first-order valence-electron chi connectivity index (χ1n) is 4.68. The molecule has 0 spiro atoms. The second kappa shape index (κ2) is 4.94. The van der Waals surface area contributed by atoms with Gasteiger partial charge < -0.3 is 9.90 Å². The summed E-state index contributed by atoms with van der Waals surface area (Å²) in [6, 6.07) is -0.926. The highest BCUT2D eigenvalue weighted by molar-refractivity contribution is 8.23. The molecule has 1 rings (SSSR count). The second-order valence-electron chi connectivity index (χ2n) is 3.47. The van der Waals surface area contributed by atoms with Crippen LogP contribution < -0.4 is 5.11 Å². The van der Waals surface area contributed by atoms with Crippen molar-refractivity contribution in [3.05, 3.63) is 0 Å². The van der Waals surface area contributed by atoms with Crippen LogP contribution in [0.1, 0.15) is 20.3 Å². The Morgan fingerprint density at radius 2 is 2.33 bits per heavy atom. The normalized spacial score (nSPS) is 20.5. The number of nitrogens with zero attached hydrogens (tertiary/aromatic N) is 1. The molecule has 1 aliphatic heterocycles. The lowest BCUT2D eigenvalue weighted by Crippen LogP contribution is -2.53. The fourth-order valence-corrected chi connectivity index (χ4v) is 2.58. The maximum absolute atomic E-state index is 11.5. The fraction of sp³-hybridized carbons (Fsp3) is 0.667. The maximum Gasteiger partial charge on any atom is 0.239 e. The highest BCUT2D eigenvalue weighted by atomic mass is 32.2. The van der Waals surface area contributed by atoms with E-state index in [1.807, 2.05) is 6.92 Å². The minimum absolute atomic E-state index is 0.157. The number of thioether (sulfide) groups is 1. The molecule has 0 aliphatic carbocycles. The number of carbonyl (C=O) groups is 2. The molecule has 0 unspecified atom stereocenters. The average Bonchev–Trinajstić information content (AvgIpc) is 2.49. The van der Waals surface area contributed by atoms with Gasteiger partial charge in [-0.3, -0.25) is 9.69 Å². The third kappa shape index (κ3) is 2.49. The zero-order valence-electron chi connectivity index (χ0n) is 8.56. The lowest BCUT2D eigenvalue weighted by molar-refractivity contribution is -0.311. The lowest BCUT2D eigenvalue weighted by atomic mass is 9.98. The molecule has 0 saturated carbocycles. The first kappa shape index (κ1) is 12.4. The number of carbonyl (C=O) groups excluding carboxylic acids is 2. The molecule has 0 bridgehead atoms. The van der Waals surface area contributed by atoms with Gasteiger partial charge in [0.2, 0.25) is 5.91 Å². The Balaban J connectivity index is 2.93. The van der Waals surface area contributed by atoms with E-state index in [9.17, 15) is 14.7 Å². The molecule has 0 aromatic heterocycles. The molecule has 15 heavy (non-hydrogen) atoms. The second-order valence-corrected chi connectivity index (χ2v) is 5.08. The Morgan fingerprint density at radius 3 is 2.67 bits per heavy atom. The number of aliphatic carboxylic acids is 1. The highest BCUT2D eigenvalue weighted by Gasteiger charge is 2.36. The van der Waals surface area contributed by atoms with Crippen LogP contribution in [0.4, 0.5) is 0 Å².